The van der Waals surface area contributed by atoms with Gasteiger partial charge in [-0.3, -0.25) is 14.7 Å². The van der Waals surface area contributed by atoms with Gasteiger partial charge in [-0.15, -0.1) is 0 Å². The maximum Gasteiger partial charge on any atom is 0.222 e. The average Bonchev–Trinajstić information content (AvgIpc) is 2.98. The van der Waals surface area contributed by atoms with Crippen LogP contribution in [0.5, 0.6) is 0 Å². The van der Waals surface area contributed by atoms with E-state index in [9.17, 15) is 4.79 Å². The molecular weight excluding hydrogens is 338 g/mol. The number of hydrogen-bond acceptors (Lipinski definition) is 3. The van der Waals surface area contributed by atoms with Gasteiger partial charge in [0.2, 0.25) is 5.91 Å². The first kappa shape index (κ1) is 21.2. The molecule has 1 aromatic rings. The molecule has 1 fully saturated rings. The molecule has 6 nitrogen and oxygen atoms in total. The van der Waals surface area contributed by atoms with E-state index in [1.54, 1.807) is 0 Å². The number of carbonyl (C=O) groups excluding carboxylic acids is 1. The number of benzene rings is 1. The maximum absolute atomic E-state index is 11.6. The number of guanidine groups is 1. The highest BCUT2D eigenvalue weighted by molar-refractivity contribution is 5.80. The van der Waals surface area contributed by atoms with E-state index in [-0.39, 0.29) is 11.8 Å². The SMILES string of the molecule is CCNC(=NCCNC(=O)C(C)C)NC1CC(C)N(Cc2ccccc2)C1. The second-order valence-electron chi connectivity index (χ2n) is 7.55. The third-order valence-electron chi connectivity index (χ3n) is 4.82. The predicted molar refractivity (Wildman–Crippen MR) is 112 cm³/mol. The van der Waals surface area contributed by atoms with Gasteiger partial charge in [0.1, 0.15) is 0 Å². The molecule has 0 bridgehead atoms. The number of rotatable bonds is 8. The first-order chi connectivity index (χ1) is 13.0. The van der Waals surface area contributed by atoms with Crippen LogP contribution in [0, 0.1) is 5.92 Å². The first-order valence-corrected chi connectivity index (χ1v) is 10.1. The maximum atomic E-state index is 11.6. The van der Waals surface area contributed by atoms with Gasteiger partial charge in [0.05, 0.1) is 6.54 Å². The lowest BCUT2D eigenvalue weighted by Crippen LogP contribution is -2.45. The molecule has 1 heterocycles. The largest absolute Gasteiger partial charge is 0.357 e. The van der Waals surface area contributed by atoms with Crippen LogP contribution in [0.1, 0.15) is 39.7 Å². The normalized spacial score (nSPS) is 20.7. The van der Waals surface area contributed by atoms with Crippen LogP contribution in [-0.2, 0) is 11.3 Å². The molecule has 27 heavy (non-hydrogen) atoms. The summed E-state index contributed by atoms with van der Waals surface area (Å²) in [7, 11) is 0. The molecule has 0 saturated carbocycles. The van der Waals surface area contributed by atoms with Crippen LogP contribution in [0.2, 0.25) is 0 Å². The summed E-state index contributed by atoms with van der Waals surface area (Å²) in [6.45, 7) is 12.1. The Kier molecular flexibility index (Phi) is 8.58. The lowest BCUT2D eigenvalue weighted by molar-refractivity contribution is -0.123. The van der Waals surface area contributed by atoms with Crippen LogP contribution < -0.4 is 16.0 Å². The van der Waals surface area contributed by atoms with Gasteiger partial charge < -0.3 is 16.0 Å². The zero-order valence-corrected chi connectivity index (χ0v) is 17.2. The van der Waals surface area contributed by atoms with Crippen molar-refractivity contribution in [2.75, 3.05) is 26.2 Å². The Bertz CT molecular complexity index is 602. The third-order valence-corrected chi connectivity index (χ3v) is 4.82. The standard InChI is InChI=1S/C21H35N5O/c1-5-22-21(24-12-11-23-20(27)16(2)3)25-19-13-17(4)26(15-19)14-18-9-7-6-8-10-18/h6-10,16-17,19H,5,11-15H2,1-4H3,(H,23,27)(H2,22,24,25). The molecule has 1 amide bonds. The fourth-order valence-corrected chi connectivity index (χ4v) is 3.31. The minimum Gasteiger partial charge on any atom is -0.357 e. The molecule has 3 N–H and O–H groups in total. The Morgan fingerprint density at radius 3 is 2.67 bits per heavy atom. The molecule has 0 radical (unpaired) electrons. The van der Waals surface area contributed by atoms with Gasteiger partial charge in [0.15, 0.2) is 5.96 Å². The van der Waals surface area contributed by atoms with E-state index in [1.807, 2.05) is 13.8 Å². The Labute approximate surface area is 163 Å². The van der Waals surface area contributed by atoms with Gasteiger partial charge in [-0.1, -0.05) is 44.2 Å². The fourth-order valence-electron chi connectivity index (χ4n) is 3.31. The molecule has 2 unspecified atom stereocenters. The van der Waals surface area contributed by atoms with Crippen LogP contribution >= 0.6 is 0 Å². The smallest absolute Gasteiger partial charge is 0.222 e. The van der Waals surface area contributed by atoms with E-state index in [1.165, 1.54) is 5.56 Å². The zero-order chi connectivity index (χ0) is 19.6. The minimum atomic E-state index is 0.0101. The first-order valence-electron chi connectivity index (χ1n) is 10.1. The molecule has 6 heteroatoms. The fraction of sp³-hybridized carbons (Fsp3) is 0.619. The van der Waals surface area contributed by atoms with Crippen LogP contribution in [0.15, 0.2) is 35.3 Å². The zero-order valence-electron chi connectivity index (χ0n) is 17.2. The molecule has 1 saturated heterocycles. The van der Waals surface area contributed by atoms with Gasteiger partial charge >= 0.3 is 0 Å². The van der Waals surface area contributed by atoms with Crippen molar-refractivity contribution >= 4 is 11.9 Å². The van der Waals surface area contributed by atoms with E-state index < -0.39 is 0 Å². The van der Waals surface area contributed by atoms with Gasteiger partial charge in [-0.05, 0) is 25.8 Å². The molecule has 1 aliphatic rings. The monoisotopic (exact) mass is 373 g/mol. The Balaban J connectivity index is 1.83. The number of nitrogens with zero attached hydrogens (tertiary/aromatic N) is 2. The molecule has 1 aromatic carbocycles. The minimum absolute atomic E-state index is 0.0101. The van der Waals surface area contributed by atoms with Crippen molar-refractivity contribution in [1.82, 2.24) is 20.9 Å². The van der Waals surface area contributed by atoms with Crippen molar-refractivity contribution in [3.05, 3.63) is 35.9 Å². The summed E-state index contributed by atoms with van der Waals surface area (Å²) in [5.41, 5.74) is 1.35. The molecule has 0 aromatic heterocycles. The van der Waals surface area contributed by atoms with Crippen molar-refractivity contribution in [3.8, 4) is 0 Å². The average molecular weight is 374 g/mol. The number of nitrogens with one attached hydrogen (secondary N) is 3. The highest BCUT2D eigenvalue weighted by Gasteiger charge is 2.29. The van der Waals surface area contributed by atoms with E-state index in [2.05, 4.69) is 70.0 Å². The van der Waals surface area contributed by atoms with Crippen LogP contribution in [-0.4, -0.2) is 55.0 Å². The van der Waals surface area contributed by atoms with Gasteiger partial charge in [-0.2, -0.15) is 0 Å². The summed E-state index contributed by atoms with van der Waals surface area (Å²) in [6, 6.07) is 11.5. The molecular formula is C21H35N5O. The molecule has 0 spiro atoms. The summed E-state index contributed by atoms with van der Waals surface area (Å²) < 4.78 is 0. The highest BCUT2D eigenvalue weighted by atomic mass is 16.1. The van der Waals surface area contributed by atoms with E-state index in [4.69, 9.17) is 0 Å². The quantitative estimate of drug-likeness (QED) is 0.370. The van der Waals surface area contributed by atoms with E-state index in [0.717, 1.165) is 32.0 Å². The topological polar surface area (TPSA) is 68.8 Å². The van der Waals surface area contributed by atoms with Crippen molar-refractivity contribution in [3.63, 3.8) is 0 Å². The second kappa shape index (κ2) is 10.9. The summed E-state index contributed by atoms with van der Waals surface area (Å²) in [6.07, 6.45) is 1.10. The number of carbonyl (C=O) groups is 1. The Morgan fingerprint density at radius 2 is 2.00 bits per heavy atom. The number of aliphatic imine (C=N–C) groups is 1. The third kappa shape index (κ3) is 7.21. The number of amides is 1. The summed E-state index contributed by atoms with van der Waals surface area (Å²) in [5, 5.41) is 9.77. The van der Waals surface area contributed by atoms with E-state index in [0.29, 0.717) is 25.2 Å². The summed E-state index contributed by atoms with van der Waals surface area (Å²) >= 11 is 0. The predicted octanol–water partition coefficient (Wildman–Crippen LogP) is 1.98. The molecule has 2 rings (SSSR count). The Morgan fingerprint density at radius 1 is 1.26 bits per heavy atom. The number of likely N-dealkylation sites (tertiary alicyclic amines) is 1. The molecule has 150 valence electrons. The van der Waals surface area contributed by atoms with Crippen LogP contribution in [0.25, 0.3) is 0 Å². The van der Waals surface area contributed by atoms with E-state index >= 15 is 0 Å². The van der Waals surface area contributed by atoms with Crippen molar-refractivity contribution in [2.45, 2.75) is 52.7 Å². The summed E-state index contributed by atoms with van der Waals surface area (Å²) in [4.78, 5) is 18.7. The molecule has 2 atom stereocenters. The van der Waals surface area contributed by atoms with Crippen LogP contribution in [0.4, 0.5) is 0 Å². The Hall–Kier alpha value is -2.08. The van der Waals surface area contributed by atoms with Gasteiger partial charge in [0.25, 0.3) is 0 Å². The van der Waals surface area contributed by atoms with Gasteiger partial charge in [0, 0.05) is 44.2 Å². The second-order valence-corrected chi connectivity index (χ2v) is 7.55. The highest BCUT2D eigenvalue weighted by Crippen LogP contribution is 2.20. The van der Waals surface area contributed by atoms with Crippen LogP contribution in [0.3, 0.4) is 0 Å². The van der Waals surface area contributed by atoms with Crippen molar-refractivity contribution in [2.24, 2.45) is 10.9 Å². The van der Waals surface area contributed by atoms with Crippen molar-refractivity contribution < 1.29 is 4.79 Å². The van der Waals surface area contributed by atoms with Gasteiger partial charge in [-0.25, -0.2) is 0 Å². The van der Waals surface area contributed by atoms with Crippen molar-refractivity contribution in [1.29, 1.82) is 0 Å². The summed E-state index contributed by atoms with van der Waals surface area (Å²) in [5.74, 6) is 0.912. The number of hydrogen-bond donors (Lipinski definition) is 3. The lowest BCUT2D eigenvalue weighted by Gasteiger charge is -2.21. The molecule has 0 aliphatic carbocycles. The lowest BCUT2D eigenvalue weighted by atomic mass is 10.2. The molecule has 1 aliphatic heterocycles.